The van der Waals surface area contributed by atoms with E-state index < -0.39 is 18.8 Å². The molecule has 0 rings (SSSR count). The minimum absolute atomic E-state index is 0.0356. The first-order valence-corrected chi connectivity index (χ1v) is 3.18. The predicted molar refractivity (Wildman–Crippen MR) is 34.5 cm³/mol. The summed E-state index contributed by atoms with van der Waals surface area (Å²) in [5.74, 6) is -3.91. The molecule has 4 heteroatoms. The van der Waals surface area contributed by atoms with Crippen LogP contribution in [0.5, 0.6) is 0 Å². The highest BCUT2D eigenvalue weighted by Gasteiger charge is 2.41. The van der Waals surface area contributed by atoms with Crippen LogP contribution in [0.25, 0.3) is 0 Å². The van der Waals surface area contributed by atoms with Crippen LogP contribution in [0.1, 0.15) is 19.3 Å². The molecule has 0 aromatic carbocycles. The number of rotatable bonds is 5. The van der Waals surface area contributed by atoms with Gasteiger partial charge in [0.05, 0.1) is 0 Å². The summed E-state index contributed by atoms with van der Waals surface area (Å²) in [7, 11) is 0. The summed E-state index contributed by atoms with van der Waals surface area (Å²) in [6, 6.07) is 0. The van der Waals surface area contributed by atoms with E-state index in [0.29, 0.717) is 6.42 Å². The summed E-state index contributed by atoms with van der Waals surface area (Å²) >= 11 is 0. The van der Waals surface area contributed by atoms with Gasteiger partial charge in [0.25, 0.3) is 0 Å². The van der Waals surface area contributed by atoms with E-state index in [9.17, 15) is 17.6 Å². The van der Waals surface area contributed by atoms with Crippen LogP contribution < -0.4 is 0 Å². The van der Waals surface area contributed by atoms with Crippen molar-refractivity contribution < 1.29 is 17.6 Å². The lowest BCUT2D eigenvalue weighted by molar-refractivity contribution is -0.0665. The molecule has 0 atom stereocenters. The van der Waals surface area contributed by atoms with Crippen molar-refractivity contribution in [3.05, 3.63) is 19.1 Å². The van der Waals surface area contributed by atoms with Crippen LogP contribution in [0.2, 0.25) is 0 Å². The van der Waals surface area contributed by atoms with Gasteiger partial charge in [0, 0.05) is 6.42 Å². The lowest BCUT2D eigenvalue weighted by Gasteiger charge is -2.11. The molecule has 0 saturated heterocycles. The maximum Gasteiger partial charge on any atom is 0.378 e. The summed E-state index contributed by atoms with van der Waals surface area (Å²) in [6.07, 6.45) is -1.81. The topological polar surface area (TPSA) is 0 Å². The largest absolute Gasteiger partial charge is 0.378 e. The highest BCUT2D eigenvalue weighted by Crippen LogP contribution is 2.33. The zero-order chi connectivity index (χ0) is 8.91. The molecule has 0 amide bonds. The number of allylic oxidation sites excluding steroid dienone is 1. The van der Waals surface area contributed by atoms with Gasteiger partial charge in [0.2, 0.25) is 0 Å². The van der Waals surface area contributed by atoms with Crippen LogP contribution in [0.4, 0.5) is 17.6 Å². The normalized spacial score (nSPS) is 12.1. The molecule has 1 radical (unpaired) electrons. The average Bonchev–Trinajstić information content (AvgIpc) is 1.88. The number of hydrogen-bond acceptors (Lipinski definition) is 0. The summed E-state index contributed by atoms with van der Waals surface area (Å²) < 4.78 is 46.9. The second-order valence-corrected chi connectivity index (χ2v) is 2.15. The van der Waals surface area contributed by atoms with E-state index >= 15 is 0 Å². The van der Waals surface area contributed by atoms with Gasteiger partial charge in [-0.2, -0.15) is 17.6 Å². The van der Waals surface area contributed by atoms with E-state index in [1.807, 2.05) is 0 Å². The molecule has 0 bridgehead atoms. The quantitative estimate of drug-likeness (QED) is 0.336. The Labute approximate surface area is 62.9 Å². The number of halogens is 4. The second-order valence-electron chi connectivity index (χ2n) is 2.15. The summed E-state index contributed by atoms with van der Waals surface area (Å²) in [4.78, 5) is 0. The molecule has 0 fully saturated rings. The van der Waals surface area contributed by atoms with Crippen LogP contribution in [0, 0.1) is 6.43 Å². The Balaban J connectivity index is 3.63. The SMILES string of the molecule is C=CCCCC(F)(F)[C](F)F. The van der Waals surface area contributed by atoms with Gasteiger partial charge in [-0.1, -0.05) is 6.08 Å². The minimum atomic E-state index is -3.91. The standard InChI is InChI=1S/C7H9F4/c1-2-3-4-5-7(10,11)6(8)9/h2H,1,3-5H2. The lowest BCUT2D eigenvalue weighted by atomic mass is 10.1. The smallest absolute Gasteiger partial charge is 0.200 e. The molecule has 11 heavy (non-hydrogen) atoms. The highest BCUT2D eigenvalue weighted by molar-refractivity contribution is 4.83. The first-order valence-electron chi connectivity index (χ1n) is 3.18. The minimum Gasteiger partial charge on any atom is -0.200 e. The molecule has 0 nitrogen and oxygen atoms in total. The third-order valence-corrected chi connectivity index (χ3v) is 1.18. The Morgan fingerprint density at radius 2 is 1.91 bits per heavy atom. The van der Waals surface area contributed by atoms with Crippen molar-refractivity contribution in [2.75, 3.05) is 0 Å². The number of hydrogen-bond donors (Lipinski definition) is 0. The second kappa shape index (κ2) is 4.36. The number of unbranched alkanes of at least 4 members (excludes halogenated alkanes) is 1. The van der Waals surface area contributed by atoms with E-state index in [4.69, 9.17) is 0 Å². The summed E-state index contributed by atoms with van der Waals surface area (Å²) in [6.45, 7) is 3.29. The van der Waals surface area contributed by atoms with E-state index in [2.05, 4.69) is 6.58 Å². The maximum absolute atomic E-state index is 12.0. The van der Waals surface area contributed by atoms with Gasteiger partial charge in [-0.15, -0.1) is 6.58 Å². The first kappa shape index (κ1) is 10.5. The molecule has 65 valence electrons. The predicted octanol–water partition coefficient (Wildman–Crippen LogP) is 3.41. The highest BCUT2D eigenvalue weighted by atomic mass is 19.3. The Morgan fingerprint density at radius 3 is 2.27 bits per heavy atom. The molecule has 0 aliphatic heterocycles. The van der Waals surface area contributed by atoms with Gasteiger partial charge >= 0.3 is 12.3 Å². The Bertz CT molecular complexity index is 120. The third kappa shape index (κ3) is 4.01. The molecule has 0 aliphatic rings. The van der Waals surface area contributed by atoms with Gasteiger partial charge in [0.15, 0.2) is 0 Å². The molecule has 0 aromatic heterocycles. The molecule has 0 unspecified atom stereocenters. The monoisotopic (exact) mass is 169 g/mol. The Morgan fingerprint density at radius 1 is 1.36 bits per heavy atom. The Kier molecular flexibility index (Phi) is 4.15. The van der Waals surface area contributed by atoms with E-state index in [1.54, 1.807) is 0 Å². The fraction of sp³-hybridized carbons (Fsp3) is 0.571. The van der Waals surface area contributed by atoms with Crippen LogP contribution in [-0.2, 0) is 0 Å². The van der Waals surface area contributed by atoms with E-state index in [0.717, 1.165) is 0 Å². The van der Waals surface area contributed by atoms with Gasteiger partial charge in [-0.25, -0.2) is 0 Å². The first-order chi connectivity index (χ1) is 5.00. The zero-order valence-electron chi connectivity index (χ0n) is 5.92. The Hall–Kier alpha value is -0.540. The van der Waals surface area contributed by atoms with E-state index in [-0.39, 0.29) is 6.42 Å². The van der Waals surface area contributed by atoms with E-state index in [1.165, 1.54) is 6.08 Å². The van der Waals surface area contributed by atoms with Gasteiger partial charge in [0.1, 0.15) is 0 Å². The summed E-state index contributed by atoms with van der Waals surface area (Å²) in [5, 5.41) is 0. The van der Waals surface area contributed by atoms with Crippen molar-refractivity contribution in [1.29, 1.82) is 0 Å². The molecule has 0 N–H and O–H groups in total. The molecule has 0 saturated carbocycles. The lowest BCUT2D eigenvalue weighted by Crippen LogP contribution is -2.19. The molecule has 0 heterocycles. The van der Waals surface area contributed by atoms with Gasteiger partial charge < -0.3 is 0 Å². The van der Waals surface area contributed by atoms with Crippen LogP contribution in [0.3, 0.4) is 0 Å². The van der Waals surface area contributed by atoms with Gasteiger partial charge in [-0.3, -0.25) is 0 Å². The van der Waals surface area contributed by atoms with Crippen molar-refractivity contribution in [3.63, 3.8) is 0 Å². The van der Waals surface area contributed by atoms with Crippen LogP contribution in [0.15, 0.2) is 12.7 Å². The summed E-state index contributed by atoms with van der Waals surface area (Å²) in [5.41, 5.74) is 0. The van der Waals surface area contributed by atoms with Crippen molar-refractivity contribution in [2.45, 2.75) is 25.2 Å². The third-order valence-electron chi connectivity index (χ3n) is 1.18. The molecular formula is C7H9F4. The van der Waals surface area contributed by atoms with Crippen molar-refractivity contribution in [1.82, 2.24) is 0 Å². The fourth-order valence-corrected chi connectivity index (χ4v) is 0.563. The van der Waals surface area contributed by atoms with Gasteiger partial charge in [-0.05, 0) is 12.8 Å². The molecule has 0 aliphatic carbocycles. The fourth-order valence-electron chi connectivity index (χ4n) is 0.563. The van der Waals surface area contributed by atoms with Crippen LogP contribution >= 0.6 is 0 Å². The molecule has 0 spiro atoms. The van der Waals surface area contributed by atoms with Crippen molar-refractivity contribution in [3.8, 4) is 0 Å². The maximum atomic E-state index is 12.0. The van der Waals surface area contributed by atoms with Crippen molar-refractivity contribution >= 4 is 0 Å². The number of alkyl halides is 2. The van der Waals surface area contributed by atoms with Crippen molar-refractivity contribution in [2.24, 2.45) is 0 Å². The average molecular weight is 169 g/mol. The van der Waals surface area contributed by atoms with Crippen LogP contribution in [-0.4, -0.2) is 5.92 Å². The molecular weight excluding hydrogens is 160 g/mol. The zero-order valence-corrected chi connectivity index (χ0v) is 5.92. The molecule has 0 aromatic rings.